The molecule has 0 bridgehead atoms. The third kappa shape index (κ3) is 5.22. The number of hydrogen-bond acceptors (Lipinski definition) is 4. The average molecular weight is 362 g/mol. The maximum absolute atomic E-state index is 12.3. The highest BCUT2D eigenvalue weighted by Crippen LogP contribution is 2.28. The van der Waals surface area contributed by atoms with Crippen molar-refractivity contribution in [1.82, 2.24) is 4.90 Å². The van der Waals surface area contributed by atoms with Crippen LogP contribution in [0.4, 0.5) is 0 Å². The van der Waals surface area contributed by atoms with E-state index in [-0.39, 0.29) is 18.3 Å². The number of likely N-dealkylation sites (N-methyl/N-ethyl adjacent to an activating group) is 1. The van der Waals surface area contributed by atoms with E-state index in [2.05, 4.69) is 0 Å². The molecule has 0 aliphatic rings. The summed E-state index contributed by atoms with van der Waals surface area (Å²) in [5.41, 5.74) is 1.46. The number of hydrogen-bond donors (Lipinski definition) is 0. The molecule has 0 unspecified atom stereocenters. The second-order valence-electron chi connectivity index (χ2n) is 5.59. The van der Waals surface area contributed by atoms with Crippen LogP contribution in [0.2, 0.25) is 5.02 Å². The lowest BCUT2D eigenvalue weighted by atomic mass is 10.1. The van der Waals surface area contributed by atoms with E-state index in [0.29, 0.717) is 28.6 Å². The summed E-state index contributed by atoms with van der Waals surface area (Å²) < 4.78 is 10.8. The fourth-order valence-corrected chi connectivity index (χ4v) is 2.47. The van der Waals surface area contributed by atoms with Gasteiger partial charge in [-0.3, -0.25) is 9.59 Å². The topological polar surface area (TPSA) is 55.8 Å². The molecule has 0 saturated carbocycles. The van der Waals surface area contributed by atoms with Crippen molar-refractivity contribution < 1.29 is 19.1 Å². The second-order valence-corrected chi connectivity index (χ2v) is 6.03. The molecule has 5 nitrogen and oxygen atoms in total. The van der Waals surface area contributed by atoms with Gasteiger partial charge in [0.2, 0.25) is 0 Å². The number of rotatable bonds is 7. The lowest BCUT2D eigenvalue weighted by Gasteiger charge is -2.18. The number of amides is 1. The van der Waals surface area contributed by atoms with Gasteiger partial charge in [-0.15, -0.1) is 0 Å². The first-order valence-electron chi connectivity index (χ1n) is 7.71. The maximum Gasteiger partial charge on any atom is 0.260 e. The fourth-order valence-electron chi connectivity index (χ4n) is 2.25. The molecule has 0 atom stereocenters. The minimum atomic E-state index is -0.183. The monoisotopic (exact) mass is 361 g/mol. The first kappa shape index (κ1) is 18.8. The molecule has 2 aromatic carbocycles. The summed E-state index contributed by atoms with van der Waals surface area (Å²) in [4.78, 5) is 25.2. The van der Waals surface area contributed by atoms with Crippen molar-refractivity contribution in [3.8, 4) is 11.5 Å². The van der Waals surface area contributed by atoms with Crippen molar-refractivity contribution in [1.29, 1.82) is 0 Å². The average Bonchev–Trinajstić information content (AvgIpc) is 2.59. The van der Waals surface area contributed by atoms with E-state index in [1.165, 1.54) is 14.0 Å². The van der Waals surface area contributed by atoms with E-state index >= 15 is 0 Å². The number of carbonyl (C=O) groups is 2. The number of Topliss-reactive ketones (excluding diaryl/α,β-unsaturated/α-hetero) is 1. The quantitative estimate of drug-likeness (QED) is 0.707. The Hall–Kier alpha value is -2.53. The summed E-state index contributed by atoms with van der Waals surface area (Å²) >= 11 is 5.95. The number of ether oxygens (including phenoxy) is 2. The van der Waals surface area contributed by atoms with Gasteiger partial charge in [0, 0.05) is 24.2 Å². The minimum Gasteiger partial charge on any atom is -0.493 e. The van der Waals surface area contributed by atoms with Crippen LogP contribution in [-0.4, -0.2) is 37.4 Å². The number of halogens is 1. The highest BCUT2D eigenvalue weighted by Gasteiger charge is 2.13. The van der Waals surface area contributed by atoms with Gasteiger partial charge in [0.1, 0.15) is 0 Å². The van der Waals surface area contributed by atoms with Gasteiger partial charge in [-0.05, 0) is 42.8 Å². The number of methoxy groups -OCH3 is 1. The summed E-state index contributed by atoms with van der Waals surface area (Å²) in [5, 5.41) is 0.630. The predicted molar refractivity (Wildman–Crippen MR) is 96.4 cm³/mol. The summed E-state index contributed by atoms with van der Waals surface area (Å²) in [7, 11) is 3.18. The van der Waals surface area contributed by atoms with Gasteiger partial charge in [-0.2, -0.15) is 0 Å². The smallest absolute Gasteiger partial charge is 0.260 e. The Labute approximate surface area is 152 Å². The van der Waals surface area contributed by atoms with Crippen molar-refractivity contribution >= 4 is 23.3 Å². The van der Waals surface area contributed by atoms with Gasteiger partial charge < -0.3 is 14.4 Å². The summed E-state index contributed by atoms with van der Waals surface area (Å²) in [6, 6.07) is 12.2. The molecule has 0 spiro atoms. The van der Waals surface area contributed by atoms with E-state index < -0.39 is 0 Å². The van der Waals surface area contributed by atoms with Crippen molar-refractivity contribution in [3.05, 3.63) is 58.6 Å². The van der Waals surface area contributed by atoms with E-state index in [4.69, 9.17) is 21.1 Å². The van der Waals surface area contributed by atoms with Crippen LogP contribution >= 0.6 is 11.6 Å². The number of benzene rings is 2. The summed E-state index contributed by atoms with van der Waals surface area (Å²) in [5.74, 6) is 0.579. The Morgan fingerprint density at radius 2 is 1.88 bits per heavy atom. The Morgan fingerprint density at radius 3 is 2.52 bits per heavy atom. The predicted octanol–water partition coefficient (Wildman–Crippen LogP) is 3.59. The van der Waals surface area contributed by atoms with Crippen LogP contribution in [0.5, 0.6) is 11.5 Å². The van der Waals surface area contributed by atoms with Crippen molar-refractivity contribution in [2.75, 3.05) is 20.8 Å². The molecule has 25 heavy (non-hydrogen) atoms. The van der Waals surface area contributed by atoms with E-state index in [1.54, 1.807) is 36.2 Å². The highest BCUT2D eigenvalue weighted by molar-refractivity contribution is 6.30. The van der Waals surface area contributed by atoms with Crippen LogP contribution in [0.3, 0.4) is 0 Å². The lowest BCUT2D eigenvalue weighted by Crippen LogP contribution is -2.31. The molecule has 0 saturated heterocycles. The molecule has 0 aromatic heterocycles. The highest BCUT2D eigenvalue weighted by atomic mass is 35.5. The van der Waals surface area contributed by atoms with Crippen LogP contribution in [0.15, 0.2) is 42.5 Å². The zero-order chi connectivity index (χ0) is 18.4. The van der Waals surface area contributed by atoms with E-state index in [1.807, 2.05) is 18.2 Å². The minimum absolute atomic E-state index is 0.0674. The summed E-state index contributed by atoms with van der Waals surface area (Å²) in [6.45, 7) is 1.78. The van der Waals surface area contributed by atoms with Crippen LogP contribution in [0.1, 0.15) is 22.8 Å². The van der Waals surface area contributed by atoms with Crippen molar-refractivity contribution in [2.24, 2.45) is 0 Å². The Balaban J connectivity index is 1.98. The molecule has 0 N–H and O–H groups in total. The molecular formula is C19H20ClNO4. The van der Waals surface area contributed by atoms with E-state index in [0.717, 1.165) is 5.56 Å². The second kappa shape index (κ2) is 8.53. The fraction of sp³-hybridized carbons (Fsp3) is 0.263. The van der Waals surface area contributed by atoms with Crippen LogP contribution in [0.25, 0.3) is 0 Å². The zero-order valence-corrected chi connectivity index (χ0v) is 15.2. The number of ketones is 1. The molecule has 2 rings (SSSR count). The molecule has 1 amide bonds. The Kier molecular flexibility index (Phi) is 6.42. The van der Waals surface area contributed by atoms with Gasteiger partial charge in [0.05, 0.1) is 7.11 Å². The third-order valence-corrected chi connectivity index (χ3v) is 3.89. The SMILES string of the molecule is COc1cc(C(C)=O)ccc1OCC(=O)N(C)Cc1cccc(Cl)c1. The molecule has 132 valence electrons. The van der Waals surface area contributed by atoms with Gasteiger partial charge in [0.25, 0.3) is 5.91 Å². The summed E-state index contributed by atoms with van der Waals surface area (Å²) in [6.07, 6.45) is 0. The van der Waals surface area contributed by atoms with Crippen LogP contribution < -0.4 is 9.47 Å². The van der Waals surface area contributed by atoms with Gasteiger partial charge >= 0.3 is 0 Å². The maximum atomic E-state index is 12.3. The van der Waals surface area contributed by atoms with Crippen molar-refractivity contribution in [3.63, 3.8) is 0 Å². The van der Waals surface area contributed by atoms with Crippen LogP contribution in [-0.2, 0) is 11.3 Å². The zero-order valence-electron chi connectivity index (χ0n) is 14.4. The molecule has 0 heterocycles. The van der Waals surface area contributed by atoms with Gasteiger partial charge in [-0.1, -0.05) is 23.7 Å². The van der Waals surface area contributed by atoms with Gasteiger partial charge in [0.15, 0.2) is 23.9 Å². The number of nitrogens with zero attached hydrogens (tertiary/aromatic N) is 1. The van der Waals surface area contributed by atoms with Crippen LogP contribution in [0, 0.1) is 0 Å². The van der Waals surface area contributed by atoms with E-state index in [9.17, 15) is 9.59 Å². The Morgan fingerprint density at radius 1 is 1.12 bits per heavy atom. The lowest BCUT2D eigenvalue weighted by molar-refractivity contribution is -0.132. The molecule has 0 aliphatic heterocycles. The molecule has 6 heteroatoms. The Bertz CT molecular complexity index is 776. The number of carbonyl (C=O) groups excluding carboxylic acids is 2. The normalized spacial score (nSPS) is 10.2. The largest absolute Gasteiger partial charge is 0.493 e. The standard InChI is InChI=1S/C19H20ClNO4/c1-13(22)15-7-8-17(18(10-15)24-3)25-12-19(23)21(2)11-14-5-4-6-16(20)9-14/h4-10H,11-12H2,1-3H3. The molecule has 0 fully saturated rings. The van der Waals surface area contributed by atoms with Gasteiger partial charge in [-0.25, -0.2) is 0 Å². The van der Waals surface area contributed by atoms with Crippen molar-refractivity contribution in [2.45, 2.75) is 13.5 Å². The third-order valence-electron chi connectivity index (χ3n) is 3.66. The molecule has 2 aromatic rings. The first-order chi connectivity index (χ1) is 11.9. The first-order valence-corrected chi connectivity index (χ1v) is 8.08. The molecular weight excluding hydrogens is 342 g/mol. The molecule has 0 aliphatic carbocycles. The molecule has 0 radical (unpaired) electrons.